The van der Waals surface area contributed by atoms with Crippen molar-refractivity contribution < 1.29 is 0 Å². The van der Waals surface area contributed by atoms with Crippen LogP contribution in [0.4, 0.5) is 17.5 Å². The number of anilines is 3. The van der Waals surface area contributed by atoms with Crippen LogP contribution in [0.3, 0.4) is 0 Å². The van der Waals surface area contributed by atoms with Crippen molar-refractivity contribution in [2.24, 2.45) is 0 Å². The predicted molar refractivity (Wildman–Crippen MR) is 92.9 cm³/mol. The van der Waals surface area contributed by atoms with E-state index in [1.807, 2.05) is 25.1 Å². The zero-order valence-electron chi connectivity index (χ0n) is 13.8. The molecule has 0 spiro atoms. The van der Waals surface area contributed by atoms with E-state index < -0.39 is 0 Å². The number of rotatable bonds is 7. The summed E-state index contributed by atoms with van der Waals surface area (Å²) in [4.78, 5) is 11.0. The van der Waals surface area contributed by atoms with Gasteiger partial charge < -0.3 is 15.5 Å². The molecule has 0 bridgehead atoms. The van der Waals surface area contributed by atoms with E-state index in [1.165, 1.54) is 0 Å². The molecular formula is C17H22N6. The molecule has 1 aromatic carbocycles. The summed E-state index contributed by atoms with van der Waals surface area (Å²) in [7, 11) is 4.12. The lowest BCUT2D eigenvalue weighted by molar-refractivity contribution is 0.405. The lowest BCUT2D eigenvalue weighted by Gasteiger charge is -2.11. The van der Waals surface area contributed by atoms with E-state index in [1.54, 1.807) is 12.1 Å². The van der Waals surface area contributed by atoms with Crippen molar-refractivity contribution in [1.29, 1.82) is 5.26 Å². The Kier molecular flexibility index (Phi) is 5.89. The number of hydrogen-bond acceptors (Lipinski definition) is 6. The lowest BCUT2D eigenvalue weighted by Crippen LogP contribution is -2.17. The Morgan fingerprint density at radius 3 is 2.57 bits per heavy atom. The fraction of sp³-hybridized carbons (Fsp3) is 0.353. The molecule has 0 saturated heterocycles. The van der Waals surface area contributed by atoms with Crippen molar-refractivity contribution >= 4 is 17.5 Å². The molecule has 2 N–H and O–H groups in total. The average molecular weight is 310 g/mol. The van der Waals surface area contributed by atoms with Crippen molar-refractivity contribution in [2.45, 2.75) is 13.3 Å². The summed E-state index contributed by atoms with van der Waals surface area (Å²) in [5.41, 5.74) is 2.42. The van der Waals surface area contributed by atoms with Crippen LogP contribution in [0.1, 0.15) is 17.7 Å². The Labute approximate surface area is 137 Å². The van der Waals surface area contributed by atoms with E-state index in [2.05, 4.69) is 45.7 Å². The lowest BCUT2D eigenvalue weighted by atomic mass is 10.2. The normalized spacial score (nSPS) is 10.4. The highest BCUT2D eigenvalue weighted by atomic mass is 15.1. The Morgan fingerprint density at radius 1 is 1.17 bits per heavy atom. The highest BCUT2D eigenvalue weighted by Gasteiger charge is 2.03. The summed E-state index contributed by atoms with van der Waals surface area (Å²) in [5, 5.41) is 15.3. The molecule has 0 atom stereocenters. The average Bonchev–Trinajstić information content (AvgIpc) is 2.52. The first-order valence-corrected chi connectivity index (χ1v) is 7.58. The summed E-state index contributed by atoms with van der Waals surface area (Å²) in [5.74, 6) is 1.36. The van der Waals surface area contributed by atoms with E-state index in [-0.39, 0.29) is 0 Å². The Balaban J connectivity index is 2.00. The molecule has 6 heteroatoms. The first-order valence-electron chi connectivity index (χ1n) is 7.58. The van der Waals surface area contributed by atoms with Gasteiger partial charge in [-0.1, -0.05) is 0 Å². The van der Waals surface area contributed by atoms with Gasteiger partial charge in [0.15, 0.2) is 0 Å². The number of aryl methyl sites for hydroxylation is 1. The first kappa shape index (κ1) is 16.7. The van der Waals surface area contributed by atoms with Crippen molar-refractivity contribution in [3.63, 3.8) is 0 Å². The Morgan fingerprint density at radius 2 is 1.91 bits per heavy atom. The second kappa shape index (κ2) is 8.11. The Hall–Kier alpha value is -2.65. The van der Waals surface area contributed by atoms with Gasteiger partial charge in [0, 0.05) is 24.0 Å². The topological polar surface area (TPSA) is 76.9 Å². The predicted octanol–water partition coefficient (Wildman–Crippen LogP) is 2.76. The van der Waals surface area contributed by atoms with Crippen LogP contribution in [-0.2, 0) is 0 Å². The molecule has 0 aliphatic heterocycles. The monoisotopic (exact) mass is 310 g/mol. The third kappa shape index (κ3) is 5.57. The molecule has 2 aromatic rings. The minimum absolute atomic E-state index is 0.625. The summed E-state index contributed by atoms with van der Waals surface area (Å²) in [6, 6.07) is 11.3. The number of hydrogen-bond donors (Lipinski definition) is 2. The molecule has 0 amide bonds. The van der Waals surface area contributed by atoms with E-state index >= 15 is 0 Å². The second-order valence-corrected chi connectivity index (χ2v) is 5.62. The van der Waals surface area contributed by atoms with Gasteiger partial charge in [-0.3, -0.25) is 0 Å². The molecule has 0 radical (unpaired) electrons. The number of aromatic nitrogens is 2. The van der Waals surface area contributed by atoms with E-state index in [4.69, 9.17) is 5.26 Å². The quantitative estimate of drug-likeness (QED) is 0.766. The van der Waals surface area contributed by atoms with E-state index in [0.717, 1.165) is 36.7 Å². The number of benzene rings is 1. The highest BCUT2D eigenvalue weighted by Crippen LogP contribution is 2.17. The van der Waals surface area contributed by atoms with Gasteiger partial charge in [-0.15, -0.1) is 0 Å². The summed E-state index contributed by atoms with van der Waals surface area (Å²) in [6.45, 7) is 3.80. The number of nitrogens with zero attached hydrogens (tertiary/aromatic N) is 4. The fourth-order valence-corrected chi connectivity index (χ4v) is 2.08. The molecule has 0 unspecified atom stereocenters. The molecule has 2 rings (SSSR count). The van der Waals surface area contributed by atoms with Crippen LogP contribution < -0.4 is 10.6 Å². The number of nitrogens with one attached hydrogen (secondary N) is 2. The van der Waals surface area contributed by atoms with Crippen molar-refractivity contribution in [1.82, 2.24) is 14.9 Å². The van der Waals surface area contributed by atoms with Crippen molar-refractivity contribution in [3.8, 4) is 6.07 Å². The van der Waals surface area contributed by atoms with Crippen LogP contribution >= 0.6 is 0 Å². The fourth-order valence-electron chi connectivity index (χ4n) is 2.08. The molecule has 0 saturated carbocycles. The third-order valence-electron chi connectivity index (χ3n) is 3.21. The van der Waals surface area contributed by atoms with Crippen LogP contribution in [0.25, 0.3) is 0 Å². The van der Waals surface area contributed by atoms with Gasteiger partial charge in [-0.2, -0.15) is 10.2 Å². The van der Waals surface area contributed by atoms with Crippen molar-refractivity contribution in [3.05, 3.63) is 41.6 Å². The van der Waals surface area contributed by atoms with Gasteiger partial charge >= 0.3 is 0 Å². The molecule has 1 aromatic heterocycles. The van der Waals surface area contributed by atoms with Gasteiger partial charge in [-0.05, 0) is 58.3 Å². The molecule has 120 valence electrons. The maximum absolute atomic E-state index is 8.83. The molecule has 23 heavy (non-hydrogen) atoms. The van der Waals surface area contributed by atoms with Gasteiger partial charge in [0.1, 0.15) is 5.82 Å². The van der Waals surface area contributed by atoms with Crippen LogP contribution in [0.5, 0.6) is 0 Å². The van der Waals surface area contributed by atoms with Gasteiger partial charge in [0.05, 0.1) is 11.6 Å². The van der Waals surface area contributed by atoms with Crippen LogP contribution in [0.15, 0.2) is 30.3 Å². The zero-order chi connectivity index (χ0) is 16.7. The van der Waals surface area contributed by atoms with Crippen LogP contribution in [-0.4, -0.2) is 42.1 Å². The summed E-state index contributed by atoms with van der Waals surface area (Å²) >= 11 is 0. The van der Waals surface area contributed by atoms with Crippen molar-refractivity contribution in [2.75, 3.05) is 37.8 Å². The third-order valence-corrected chi connectivity index (χ3v) is 3.21. The molecule has 0 fully saturated rings. The smallest absolute Gasteiger partial charge is 0.224 e. The minimum atomic E-state index is 0.625. The minimum Gasteiger partial charge on any atom is -0.354 e. The van der Waals surface area contributed by atoms with E-state index in [9.17, 15) is 0 Å². The standard InChI is InChI=1S/C17H22N6/c1-13-11-16(21-15-7-5-14(12-18)6-8-15)22-17(20-13)19-9-4-10-23(2)3/h5-8,11H,4,9-10H2,1-3H3,(H2,19,20,21,22). The SMILES string of the molecule is Cc1cc(Nc2ccc(C#N)cc2)nc(NCCCN(C)C)n1. The number of nitriles is 1. The Bertz CT molecular complexity index is 672. The molecule has 0 aliphatic carbocycles. The van der Waals surface area contributed by atoms with E-state index in [0.29, 0.717) is 11.5 Å². The van der Waals surface area contributed by atoms with Gasteiger partial charge in [0.25, 0.3) is 0 Å². The maximum Gasteiger partial charge on any atom is 0.224 e. The van der Waals surface area contributed by atoms with Gasteiger partial charge in [-0.25, -0.2) is 4.98 Å². The largest absolute Gasteiger partial charge is 0.354 e. The first-order chi connectivity index (χ1) is 11.1. The maximum atomic E-state index is 8.83. The molecule has 6 nitrogen and oxygen atoms in total. The van der Waals surface area contributed by atoms with Crippen LogP contribution in [0, 0.1) is 18.3 Å². The van der Waals surface area contributed by atoms with Crippen LogP contribution in [0.2, 0.25) is 0 Å². The molecule has 0 aliphatic rings. The highest BCUT2D eigenvalue weighted by molar-refractivity contribution is 5.58. The molecular weight excluding hydrogens is 288 g/mol. The zero-order valence-corrected chi connectivity index (χ0v) is 13.8. The second-order valence-electron chi connectivity index (χ2n) is 5.62. The summed E-state index contributed by atoms with van der Waals surface area (Å²) in [6.07, 6.45) is 1.03. The summed E-state index contributed by atoms with van der Waals surface area (Å²) < 4.78 is 0. The molecule has 1 heterocycles. The van der Waals surface area contributed by atoms with Gasteiger partial charge in [0.2, 0.25) is 5.95 Å².